The van der Waals surface area contributed by atoms with Gasteiger partial charge in [0.15, 0.2) is 12.4 Å². The van der Waals surface area contributed by atoms with Crippen LogP contribution in [0.2, 0.25) is 0 Å². The molecule has 0 saturated carbocycles. The number of nitrogens with two attached hydrogens (primary N) is 1. The van der Waals surface area contributed by atoms with E-state index in [1.165, 1.54) is 0 Å². The minimum Gasteiger partial charge on any atom is -0.403 e. The van der Waals surface area contributed by atoms with Crippen LogP contribution in [0.25, 0.3) is 0 Å². The van der Waals surface area contributed by atoms with E-state index in [1.807, 2.05) is 6.07 Å². The quantitative estimate of drug-likeness (QED) is 0.817. The first-order valence-corrected chi connectivity index (χ1v) is 6.17. The van der Waals surface area contributed by atoms with Crippen LogP contribution in [0.3, 0.4) is 0 Å². The van der Waals surface area contributed by atoms with E-state index < -0.39 is 17.9 Å². The van der Waals surface area contributed by atoms with E-state index >= 15 is 0 Å². The molecule has 0 aromatic carbocycles. The van der Waals surface area contributed by atoms with Gasteiger partial charge in [-0.15, -0.1) is 0 Å². The van der Waals surface area contributed by atoms with Crippen molar-refractivity contribution >= 4 is 0 Å². The number of fused-ring (bicyclic) bond motifs is 1. The minimum atomic E-state index is -4.60. The largest absolute Gasteiger partial charge is 0.494 e. The van der Waals surface area contributed by atoms with E-state index in [-0.39, 0.29) is 23.0 Å². The third-order valence-electron chi connectivity index (χ3n) is 3.27. The standard InChI is InChI=1S/C13H8F3N5O/c14-13(15,16)12-20-9-8(6-2-1-3-19-5-6)7(4-17)10(18)22-11(9)21-12/h1-3,5,8H,18H2,(H,20,21)/p+2. The van der Waals surface area contributed by atoms with Crippen molar-refractivity contribution < 1.29 is 27.9 Å². The summed E-state index contributed by atoms with van der Waals surface area (Å²) in [5.41, 5.74) is 6.37. The molecule has 0 fully saturated rings. The highest BCUT2D eigenvalue weighted by atomic mass is 19.4. The number of ether oxygens (including phenoxy) is 1. The molecule has 3 heterocycles. The van der Waals surface area contributed by atoms with Gasteiger partial charge in [-0.3, -0.25) is 0 Å². The van der Waals surface area contributed by atoms with E-state index in [9.17, 15) is 18.4 Å². The molecule has 0 saturated heterocycles. The Labute approximate surface area is 122 Å². The molecule has 0 aliphatic carbocycles. The maximum atomic E-state index is 12.8. The molecule has 0 radical (unpaired) electrons. The lowest BCUT2D eigenvalue weighted by Crippen LogP contribution is -2.25. The SMILES string of the molecule is N#CC1=C(N)Oc2[nH+]c(C(F)(F)F)[nH]c2C1c1ccc[nH+]c1. The highest BCUT2D eigenvalue weighted by molar-refractivity contribution is 5.49. The second-order valence-electron chi connectivity index (χ2n) is 4.63. The van der Waals surface area contributed by atoms with Crippen molar-refractivity contribution in [3.63, 3.8) is 0 Å². The number of alkyl halides is 3. The maximum absolute atomic E-state index is 12.8. The molecule has 1 aliphatic heterocycles. The minimum absolute atomic E-state index is 0.0380. The van der Waals surface area contributed by atoms with Crippen LogP contribution < -0.4 is 20.4 Å². The summed E-state index contributed by atoms with van der Waals surface area (Å²) < 4.78 is 43.6. The monoisotopic (exact) mass is 309 g/mol. The van der Waals surface area contributed by atoms with Gasteiger partial charge >= 0.3 is 17.9 Å². The van der Waals surface area contributed by atoms with Crippen molar-refractivity contribution in [1.82, 2.24) is 4.98 Å². The van der Waals surface area contributed by atoms with E-state index in [2.05, 4.69) is 15.0 Å². The summed E-state index contributed by atoms with van der Waals surface area (Å²) in [5, 5.41) is 9.26. The van der Waals surface area contributed by atoms with Gasteiger partial charge < -0.3 is 10.5 Å². The number of nitrogens with zero attached hydrogens (tertiary/aromatic N) is 1. The number of rotatable bonds is 1. The second kappa shape index (κ2) is 4.77. The van der Waals surface area contributed by atoms with Gasteiger partial charge in [-0.05, 0) is 6.07 Å². The Morgan fingerprint density at radius 2 is 2.18 bits per heavy atom. The molecule has 1 aliphatic rings. The molecule has 6 nitrogen and oxygen atoms in total. The molecule has 0 spiro atoms. The van der Waals surface area contributed by atoms with Crippen LogP contribution in [0.1, 0.15) is 23.0 Å². The predicted octanol–water partition coefficient (Wildman–Crippen LogP) is 0.880. The Morgan fingerprint density at radius 1 is 1.41 bits per heavy atom. The van der Waals surface area contributed by atoms with Crippen molar-refractivity contribution in [2.24, 2.45) is 5.73 Å². The fourth-order valence-corrected chi connectivity index (χ4v) is 2.32. The molecule has 1 unspecified atom stereocenters. The van der Waals surface area contributed by atoms with Gasteiger partial charge in [0.25, 0.3) is 0 Å². The summed E-state index contributed by atoms with van der Waals surface area (Å²) in [4.78, 5) is 7.18. The highest BCUT2D eigenvalue weighted by Crippen LogP contribution is 2.40. The number of H-pyrrole nitrogens is 3. The molecule has 22 heavy (non-hydrogen) atoms. The molecule has 2 aromatic heterocycles. The van der Waals surface area contributed by atoms with E-state index in [0.717, 1.165) is 0 Å². The van der Waals surface area contributed by atoms with Gasteiger partial charge in [0.2, 0.25) is 11.6 Å². The number of nitrogens with one attached hydrogen (secondary N) is 3. The third kappa shape index (κ3) is 2.14. The number of hydrogen-bond acceptors (Lipinski definition) is 3. The summed E-state index contributed by atoms with van der Waals surface area (Å²) >= 11 is 0. The second-order valence-corrected chi connectivity index (χ2v) is 4.63. The third-order valence-corrected chi connectivity index (χ3v) is 3.27. The summed E-state index contributed by atoms with van der Waals surface area (Å²) in [7, 11) is 0. The number of aromatic nitrogens is 3. The van der Waals surface area contributed by atoms with Gasteiger partial charge in [-0.1, -0.05) is 0 Å². The Balaban J connectivity index is 2.19. The Bertz CT molecular complexity index is 788. The van der Waals surface area contributed by atoms with Crippen LogP contribution in [-0.2, 0) is 6.18 Å². The molecule has 1 atom stereocenters. The summed E-state index contributed by atoms with van der Waals surface area (Å²) in [6, 6.07) is 5.24. The fourth-order valence-electron chi connectivity index (χ4n) is 2.32. The van der Waals surface area contributed by atoms with Crippen LogP contribution in [0, 0.1) is 11.3 Å². The first-order valence-electron chi connectivity index (χ1n) is 6.17. The molecule has 3 rings (SSSR count). The number of allylic oxidation sites excluding steroid dienone is 1. The molecule has 112 valence electrons. The Kier molecular flexibility index (Phi) is 3.02. The van der Waals surface area contributed by atoms with E-state index in [4.69, 9.17) is 10.5 Å². The molecular formula is C13H10F3N5O+2. The lowest BCUT2D eigenvalue weighted by molar-refractivity contribution is -0.435. The smallest absolute Gasteiger partial charge is 0.403 e. The predicted molar refractivity (Wildman–Crippen MR) is 64.6 cm³/mol. The van der Waals surface area contributed by atoms with Gasteiger partial charge in [0.05, 0.1) is 5.92 Å². The number of aromatic amines is 3. The molecule has 0 bridgehead atoms. The molecule has 9 heteroatoms. The maximum Gasteiger partial charge on any atom is 0.494 e. The van der Waals surface area contributed by atoms with Gasteiger partial charge in [-0.2, -0.15) is 18.4 Å². The fraction of sp³-hybridized carbons (Fsp3) is 0.154. The zero-order valence-electron chi connectivity index (χ0n) is 11.0. The van der Waals surface area contributed by atoms with Crippen LogP contribution >= 0.6 is 0 Å². The Hall–Kier alpha value is -3.02. The normalized spacial score (nSPS) is 17.6. The average Bonchev–Trinajstić information content (AvgIpc) is 2.90. The van der Waals surface area contributed by atoms with Crippen molar-refractivity contribution in [2.75, 3.05) is 0 Å². The van der Waals surface area contributed by atoms with Crippen LogP contribution in [-0.4, -0.2) is 4.98 Å². The summed E-state index contributed by atoms with van der Waals surface area (Å²) in [5.74, 6) is -2.24. The zero-order chi connectivity index (χ0) is 15.9. The lowest BCUT2D eigenvalue weighted by Gasteiger charge is -2.18. The van der Waals surface area contributed by atoms with Gasteiger partial charge in [0.1, 0.15) is 11.6 Å². The summed E-state index contributed by atoms with van der Waals surface area (Å²) in [6.45, 7) is 0. The van der Waals surface area contributed by atoms with E-state index in [0.29, 0.717) is 5.56 Å². The summed E-state index contributed by atoms with van der Waals surface area (Å²) in [6.07, 6.45) is -1.38. The van der Waals surface area contributed by atoms with Crippen LogP contribution in [0.15, 0.2) is 36.0 Å². The Morgan fingerprint density at radius 3 is 2.77 bits per heavy atom. The molecule has 2 aromatic rings. The average molecular weight is 309 g/mol. The number of halogens is 3. The molecular weight excluding hydrogens is 299 g/mol. The van der Waals surface area contributed by atoms with Crippen molar-refractivity contribution in [3.8, 4) is 11.9 Å². The zero-order valence-corrected chi connectivity index (χ0v) is 11.0. The van der Waals surface area contributed by atoms with Crippen molar-refractivity contribution in [3.05, 3.63) is 53.1 Å². The van der Waals surface area contributed by atoms with E-state index in [1.54, 1.807) is 24.5 Å². The van der Waals surface area contributed by atoms with Crippen molar-refractivity contribution in [1.29, 1.82) is 5.26 Å². The number of nitriles is 1. The van der Waals surface area contributed by atoms with Gasteiger partial charge in [-0.25, -0.2) is 15.0 Å². The number of pyridine rings is 1. The first-order chi connectivity index (χ1) is 10.4. The first kappa shape index (κ1) is 13.9. The van der Waals surface area contributed by atoms with Crippen LogP contribution in [0.4, 0.5) is 13.2 Å². The molecule has 5 N–H and O–H groups in total. The van der Waals surface area contributed by atoms with Gasteiger partial charge in [0, 0.05) is 11.6 Å². The van der Waals surface area contributed by atoms with Crippen LogP contribution in [0.5, 0.6) is 5.88 Å². The topological polar surface area (TPSA) is 103 Å². The van der Waals surface area contributed by atoms with Crippen molar-refractivity contribution in [2.45, 2.75) is 12.1 Å². The highest BCUT2D eigenvalue weighted by Gasteiger charge is 2.46. The lowest BCUT2D eigenvalue weighted by atomic mass is 9.89. The number of hydrogen-bond donors (Lipinski definition) is 2. The molecule has 0 amide bonds. The number of imidazole rings is 1.